The van der Waals surface area contributed by atoms with Crippen molar-refractivity contribution in [1.29, 1.82) is 0 Å². The first kappa shape index (κ1) is 22.1. The molecule has 1 unspecified atom stereocenters. The molecule has 2 amide bonds. The van der Waals surface area contributed by atoms with Crippen LogP contribution >= 0.6 is 12.4 Å². The molecule has 1 aliphatic rings. The summed E-state index contributed by atoms with van der Waals surface area (Å²) in [7, 11) is 3.10. The number of carbonyl (C=O) groups is 2. The average molecular weight is 386 g/mol. The van der Waals surface area contributed by atoms with Gasteiger partial charge in [-0.25, -0.2) is 0 Å². The molecule has 2 N–H and O–H groups in total. The summed E-state index contributed by atoms with van der Waals surface area (Å²) in [5.41, 5.74) is 6.42. The van der Waals surface area contributed by atoms with Crippen LogP contribution in [-0.4, -0.2) is 68.1 Å². The van der Waals surface area contributed by atoms with E-state index in [1.807, 2.05) is 6.92 Å². The third-order valence-electron chi connectivity index (χ3n) is 4.39. The Kier molecular flexibility index (Phi) is 8.68. The highest BCUT2D eigenvalue weighted by atomic mass is 35.5. The Hall–Kier alpha value is -1.99. The number of amides is 2. The topological polar surface area (TPSA) is 85.1 Å². The lowest BCUT2D eigenvalue weighted by molar-refractivity contribution is -0.134. The highest BCUT2D eigenvalue weighted by molar-refractivity contribution is 5.95. The Balaban J connectivity index is 0.00000338. The van der Waals surface area contributed by atoms with Gasteiger partial charge in [-0.3, -0.25) is 9.59 Å². The maximum Gasteiger partial charge on any atom is 0.254 e. The second kappa shape index (κ2) is 10.2. The highest BCUT2D eigenvalue weighted by Crippen LogP contribution is 2.23. The van der Waals surface area contributed by atoms with Crippen LogP contribution in [0.4, 0.5) is 0 Å². The molecule has 0 aromatic heterocycles. The van der Waals surface area contributed by atoms with Gasteiger partial charge in [0.1, 0.15) is 11.5 Å². The molecule has 1 aromatic carbocycles. The highest BCUT2D eigenvalue weighted by Gasteiger charge is 2.27. The molecule has 0 bridgehead atoms. The van der Waals surface area contributed by atoms with Crippen molar-refractivity contribution < 1.29 is 19.1 Å². The Morgan fingerprint density at radius 1 is 1.04 bits per heavy atom. The van der Waals surface area contributed by atoms with Crippen LogP contribution in [-0.2, 0) is 4.79 Å². The molecule has 1 aromatic rings. The van der Waals surface area contributed by atoms with E-state index in [0.29, 0.717) is 49.7 Å². The molecule has 0 spiro atoms. The van der Waals surface area contributed by atoms with E-state index in [4.69, 9.17) is 15.2 Å². The monoisotopic (exact) mass is 385 g/mol. The van der Waals surface area contributed by atoms with Crippen molar-refractivity contribution >= 4 is 24.2 Å². The summed E-state index contributed by atoms with van der Waals surface area (Å²) < 4.78 is 10.4. The molecule has 7 nitrogen and oxygen atoms in total. The lowest BCUT2D eigenvalue weighted by atomic mass is 10.1. The Labute approximate surface area is 160 Å². The number of ether oxygens (including phenoxy) is 2. The zero-order chi connectivity index (χ0) is 18.4. The van der Waals surface area contributed by atoms with Gasteiger partial charge in [0.05, 0.1) is 20.3 Å². The van der Waals surface area contributed by atoms with Gasteiger partial charge in [-0.2, -0.15) is 0 Å². The minimum Gasteiger partial charge on any atom is -0.497 e. The summed E-state index contributed by atoms with van der Waals surface area (Å²) in [6.45, 7) is 3.99. The second-order valence-corrected chi connectivity index (χ2v) is 6.11. The number of hydrogen-bond donors (Lipinski definition) is 1. The van der Waals surface area contributed by atoms with Crippen molar-refractivity contribution in [3.8, 4) is 11.5 Å². The first-order chi connectivity index (χ1) is 12.0. The molecule has 0 radical (unpaired) electrons. The number of piperazine rings is 1. The first-order valence-electron chi connectivity index (χ1n) is 8.56. The van der Waals surface area contributed by atoms with Crippen molar-refractivity contribution in [2.45, 2.75) is 25.8 Å². The van der Waals surface area contributed by atoms with Crippen LogP contribution in [0, 0.1) is 0 Å². The maximum absolute atomic E-state index is 12.7. The standard InChI is InChI=1S/C18H27N3O4.ClH/c1-4-5-16(19)18(23)21-8-6-20(7-9-21)17(22)13-10-14(24-2)12-15(11-13)25-3;/h10-12,16H,4-9,19H2,1-3H3;1H. The molecular weight excluding hydrogens is 358 g/mol. The quantitative estimate of drug-likeness (QED) is 0.802. The van der Waals surface area contributed by atoms with Gasteiger partial charge in [0.25, 0.3) is 5.91 Å². The number of nitrogens with zero attached hydrogens (tertiary/aromatic N) is 2. The summed E-state index contributed by atoms with van der Waals surface area (Å²) >= 11 is 0. The molecular formula is C18H28ClN3O4. The van der Waals surface area contributed by atoms with Crippen molar-refractivity contribution in [1.82, 2.24) is 9.80 Å². The number of hydrogen-bond acceptors (Lipinski definition) is 5. The predicted molar refractivity (Wildman–Crippen MR) is 102 cm³/mol. The van der Waals surface area contributed by atoms with Crippen molar-refractivity contribution in [2.24, 2.45) is 5.73 Å². The van der Waals surface area contributed by atoms with E-state index in [-0.39, 0.29) is 24.2 Å². The lowest BCUT2D eigenvalue weighted by Gasteiger charge is -2.36. The molecule has 1 aliphatic heterocycles. The molecule has 0 aliphatic carbocycles. The fourth-order valence-electron chi connectivity index (χ4n) is 2.91. The predicted octanol–water partition coefficient (Wildman–Crippen LogP) is 1.54. The van der Waals surface area contributed by atoms with E-state index >= 15 is 0 Å². The Bertz CT molecular complexity index is 596. The molecule has 1 atom stereocenters. The zero-order valence-corrected chi connectivity index (χ0v) is 16.4. The van der Waals surface area contributed by atoms with E-state index in [1.165, 1.54) is 0 Å². The molecule has 0 saturated carbocycles. The van der Waals surface area contributed by atoms with Gasteiger partial charge in [-0.15, -0.1) is 12.4 Å². The Morgan fingerprint density at radius 3 is 2.00 bits per heavy atom. The van der Waals surface area contributed by atoms with Gasteiger partial charge in [0, 0.05) is 37.8 Å². The summed E-state index contributed by atoms with van der Waals surface area (Å²) in [6, 6.07) is 4.66. The summed E-state index contributed by atoms with van der Waals surface area (Å²) in [5, 5.41) is 0. The van der Waals surface area contributed by atoms with E-state index in [9.17, 15) is 9.59 Å². The minimum atomic E-state index is -0.449. The van der Waals surface area contributed by atoms with Crippen LogP contribution < -0.4 is 15.2 Å². The number of methoxy groups -OCH3 is 2. The molecule has 8 heteroatoms. The van der Waals surface area contributed by atoms with Gasteiger partial charge in [0.15, 0.2) is 0 Å². The van der Waals surface area contributed by atoms with Crippen molar-refractivity contribution in [3.63, 3.8) is 0 Å². The van der Waals surface area contributed by atoms with Crippen LogP contribution in [0.2, 0.25) is 0 Å². The first-order valence-corrected chi connectivity index (χ1v) is 8.56. The second-order valence-electron chi connectivity index (χ2n) is 6.11. The van der Waals surface area contributed by atoms with Crippen molar-refractivity contribution in [3.05, 3.63) is 23.8 Å². The fourth-order valence-corrected chi connectivity index (χ4v) is 2.91. The molecule has 2 rings (SSSR count). The lowest BCUT2D eigenvalue weighted by Crippen LogP contribution is -2.54. The third kappa shape index (κ3) is 5.25. The summed E-state index contributed by atoms with van der Waals surface area (Å²) in [5.74, 6) is 1.02. The van der Waals surface area contributed by atoms with Gasteiger partial charge in [-0.1, -0.05) is 13.3 Å². The summed E-state index contributed by atoms with van der Waals surface area (Å²) in [6.07, 6.45) is 1.56. The van der Waals surface area contributed by atoms with Crippen LogP contribution in [0.5, 0.6) is 11.5 Å². The molecule has 1 heterocycles. The van der Waals surface area contributed by atoms with Gasteiger partial charge < -0.3 is 25.0 Å². The summed E-state index contributed by atoms with van der Waals surface area (Å²) in [4.78, 5) is 28.5. The van der Waals surface area contributed by atoms with Crippen LogP contribution in [0.1, 0.15) is 30.1 Å². The van der Waals surface area contributed by atoms with Crippen LogP contribution in [0.3, 0.4) is 0 Å². The largest absolute Gasteiger partial charge is 0.497 e. The Morgan fingerprint density at radius 2 is 1.54 bits per heavy atom. The number of benzene rings is 1. The number of halogens is 1. The molecule has 1 saturated heterocycles. The SMILES string of the molecule is CCCC(N)C(=O)N1CCN(C(=O)c2cc(OC)cc(OC)c2)CC1.Cl. The smallest absolute Gasteiger partial charge is 0.254 e. The van der Waals surface area contributed by atoms with E-state index in [0.717, 1.165) is 6.42 Å². The number of rotatable bonds is 6. The van der Waals surface area contributed by atoms with Gasteiger partial charge in [-0.05, 0) is 18.6 Å². The van der Waals surface area contributed by atoms with E-state index < -0.39 is 6.04 Å². The minimum absolute atomic E-state index is 0. The van der Waals surface area contributed by atoms with Crippen molar-refractivity contribution in [2.75, 3.05) is 40.4 Å². The van der Waals surface area contributed by atoms with Gasteiger partial charge in [0.2, 0.25) is 5.91 Å². The molecule has 146 valence electrons. The normalized spacial score (nSPS) is 15.1. The maximum atomic E-state index is 12.7. The van der Waals surface area contributed by atoms with E-state index in [1.54, 1.807) is 42.2 Å². The molecule has 26 heavy (non-hydrogen) atoms. The van der Waals surface area contributed by atoms with Gasteiger partial charge >= 0.3 is 0 Å². The van der Waals surface area contributed by atoms with E-state index in [2.05, 4.69) is 0 Å². The third-order valence-corrected chi connectivity index (χ3v) is 4.39. The number of nitrogens with two attached hydrogens (primary N) is 1. The number of carbonyl (C=O) groups excluding carboxylic acids is 2. The molecule has 1 fully saturated rings. The average Bonchev–Trinajstić information content (AvgIpc) is 2.66. The van der Waals surface area contributed by atoms with Crippen LogP contribution in [0.15, 0.2) is 18.2 Å². The van der Waals surface area contributed by atoms with Crippen LogP contribution in [0.25, 0.3) is 0 Å². The fraction of sp³-hybridized carbons (Fsp3) is 0.556. The zero-order valence-electron chi connectivity index (χ0n) is 15.6.